The van der Waals surface area contributed by atoms with Gasteiger partial charge < -0.3 is 15.0 Å². The largest absolute Gasteiger partial charge is 0.497 e. The smallest absolute Gasteiger partial charge is 0.252 e. The van der Waals surface area contributed by atoms with Gasteiger partial charge in [-0.1, -0.05) is 54.1 Å². The van der Waals surface area contributed by atoms with Crippen molar-refractivity contribution in [3.63, 3.8) is 0 Å². The molecule has 1 aliphatic heterocycles. The number of halogens is 1. The zero-order valence-electron chi connectivity index (χ0n) is 18.6. The minimum atomic E-state index is -0.704. The van der Waals surface area contributed by atoms with Crippen LogP contribution in [0.2, 0.25) is 5.02 Å². The highest BCUT2D eigenvalue weighted by Gasteiger charge is 2.43. The third-order valence-electron chi connectivity index (χ3n) is 5.61. The molecule has 1 heterocycles. The van der Waals surface area contributed by atoms with Crippen molar-refractivity contribution in [2.75, 3.05) is 12.4 Å². The summed E-state index contributed by atoms with van der Waals surface area (Å²) in [5.74, 6) is 0.238. The first kappa shape index (κ1) is 23.7. The summed E-state index contributed by atoms with van der Waals surface area (Å²) in [5.41, 5.74) is 2.54. The van der Waals surface area contributed by atoms with E-state index in [1.807, 2.05) is 47.4 Å². The van der Waals surface area contributed by atoms with Crippen molar-refractivity contribution in [3.05, 3.63) is 95.0 Å². The van der Waals surface area contributed by atoms with Gasteiger partial charge in [-0.3, -0.25) is 14.5 Å². The summed E-state index contributed by atoms with van der Waals surface area (Å²) in [6.45, 7) is 0.750. The highest BCUT2D eigenvalue weighted by molar-refractivity contribution is 7.80. The molecule has 2 amide bonds. The van der Waals surface area contributed by atoms with Gasteiger partial charge in [-0.25, -0.2) is 0 Å². The van der Waals surface area contributed by atoms with Crippen molar-refractivity contribution in [3.8, 4) is 5.75 Å². The predicted molar refractivity (Wildman–Crippen MR) is 137 cm³/mol. The van der Waals surface area contributed by atoms with Crippen molar-refractivity contribution >= 4 is 46.4 Å². The molecular weight excluding hydrogens is 470 g/mol. The maximum atomic E-state index is 13.4. The summed E-state index contributed by atoms with van der Waals surface area (Å²) < 4.78 is 5.15. The lowest BCUT2D eigenvalue weighted by molar-refractivity contribution is -0.131. The number of methoxy groups -OCH3 is 1. The number of thiocarbonyl (C=S) groups is 1. The van der Waals surface area contributed by atoms with E-state index in [2.05, 4.69) is 5.32 Å². The summed E-state index contributed by atoms with van der Waals surface area (Å²) in [4.78, 5) is 29.7. The highest BCUT2D eigenvalue weighted by Crippen LogP contribution is 2.26. The third-order valence-corrected chi connectivity index (χ3v) is 6.31. The van der Waals surface area contributed by atoms with Crippen molar-refractivity contribution in [1.29, 1.82) is 0 Å². The Kier molecular flexibility index (Phi) is 7.45. The van der Waals surface area contributed by atoms with Gasteiger partial charge in [-0.15, -0.1) is 0 Å². The van der Waals surface area contributed by atoms with Gasteiger partial charge >= 0.3 is 0 Å². The van der Waals surface area contributed by atoms with Crippen molar-refractivity contribution in [2.24, 2.45) is 0 Å². The molecule has 0 radical (unpaired) electrons. The topological polar surface area (TPSA) is 61.9 Å². The Morgan fingerprint density at radius 2 is 1.62 bits per heavy atom. The van der Waals surface area contributed by atoms with Crippen LogP contribution in [0, 0.1) is 0 Å². The van der Waals surface area contributed by atoms with Crippen LogP contribution in [-0.4, -0.2) is 39.9 Å². The molecule has 8 heteroatoms. The third kappa shape index (κ3) is 5.55. The van der Waals surface area contributed by atoms with Gasteiger partial charge in [0.25, 0.3) is 5.91 Å². The van der Waals surface area contributed by atoms with Crippen LogP contribution >= 0.6 is 23.8 Å². The van der Waals surface area contributed by atoms with Gasteiger partial charge in [0.15, 0.2) is 5.11 Å². The first-order valence-corrected chi connectivity index (χ1v) is 11.6. The number of rotatable bonds is 8. The highest BCUT2D eigenvalue weighted by atomic mass is 35.5. The lowest BCUT2D eigenvalue weighted by atomic mass is 10.1. The fourth-order valence-electron chi connectivity index (χ4n) is 3.83. The Morgan fingerprint density at radius 1 is 0.971 bits per heavy atom. The molecule has 1 aliphatic rings. The van der Waals surface area contributed by atoms with Crippen LogP contribution in [0.1, 0.15) is 17.5 Å². The molecule has 0 bridgehead atoms. The monoisotopic (exact) mass is 493 g/mol. The first-order chi connectivity index (χ1) is 16.4. The number of ether oxygens (including phenoxy) is 1. The number of hydrogen-bond acceptors (Lipinski definition) is 4. The molecule has 0 unspecified atom stereocenters. The number of amides is 2. The summed E-state index contributed by atoms with van der Waals surface area (Å²) in [5, 5.41) is 3.90. The maximum absolute atomic E-state index is 13.4. The second-order valence-electron chi connectivity index (χ2n) is 7.94. The van der Waals surface area contributed by atoms with Crippen LogP contribution < -0.4 is 10.1 Å². The van der Waals surface area contributed by atoms with E-state index in [9.17, 15) is 9.59 Å². The summed E-state index contributed by atoms with van der Waals surface area (Å²) in [7, 11) is 1.58. The molecule has 1 N–H and O–H groups in total. The van der Waals surface area contributed by atoms with E-state index in [4.69, 9.17) is 28.6 Å². The molecule has 4 rings (SSSR count). The van der Waals surface area contributed by atoms with E-state index in [-0.39, 0.29) is 18.2 Å². The minimum absolute atomic E-state index is 0.0239. The van der Waals surface area contributed by atoms with Crippen LogP contribution in [0.5, 0.6) is 5.75 Å². The van der Waals surface area contributed by atoms with Crippen LogP contribution in [0.4, 0.5) is 5.69 Å². The van der Waals surface area contributed by atoms with Gasteiger partial charge in [-0.2, -0.15) is 0 Å². The zero-order chi connectivity index (χ0) is 24.1. The van der Waals surface area contributed by atoms with Gasteiger partial charge in [0.05, 0.1) is 20.1 Å². The SMILES string of the molecule is COc1ccc(NC(=O)C[C@@H]2C(=O)N(Cc3ccccc3)C(=S)N2Cc2ccc(Cl)cc2)cc1. The molecule has 1 atom stereocenters. The quantitative estimate of drug-likeness (QED) is 0.453. The van der Waals surface area contributed by atoms with E-state index in [1.165, 1.54) is 0 Å². The molecule has 3 aromatic carbocycles. The van der Waals surface area contributed by atoms with Gasteiger partial charge in [0.2, 0.25) is 5.91 Å². The lowest BCUT2D eigenvalue weighted by Gasteiger charge is -2.24. The fourth-order valence-corrected chi connectivity index (χ4v) is 4.30. The summed E-state index contributed by atoms with van der Waals surface area (Å²) >= 11 is 11.7. The van der Waals surface area contributed by atoms with E-state index in [1.54, 1.807) is 48.4 Å². The molecule has 1 saturated heterocycles. The number of nitrogens with one attached hydrogen (secondary N) is 1. The second-order valence-corrected chi connectivity index (χ2v) is 8.75. The van der Waals surface area contributed by atoms with Gasteiger partial charge in [0, 0.05) is 17.3 Å². The molecule has 34 heavy (non-hydrogen) atoms. The zero-order valence-corrected chi connectivity index (χ0v) is 20.2. The van der Waals surface area contributed by atoms with Crippen LogP contribution in [-0.2, 0) is 22.7 Å². The Labute approximate surface area is 209 Å². The molecule has 1 fully saturated rings. The number of anilines is 1. The number of carbonyl (C=O) groups is 2. The molecule has 0 spiro atoms. The average molecular weight is 494 g/mol. The van der Waals surface area contributed by atoms with Crippen molar-refractivity contribution in [2.45, 2.75) is 25.6 Å². The Morgan fingerprint density at radius 3 is 2.26 bits per heavy atom. The average Bonchev–Trinajstić information content (AvgIpc) is 3.05. The van der Waals surface area contributed by atoms with Crippen LogP contribution in [0.15, 0.2) is 78.9 Å². The Hall–Kier alpha value is -3.42. The predicted octanol–water partition coefficient (Wildman–Crippen LogP) is 4.88. The molecule has 0 saturated carbocycles. The minimum Gasteiger partial charge on any atom is -0.497 e. The Balaban J connectivity index is 1.53. The fraction of sp³-hybridized carbons (Fsp3) is 0.192. The van der Waals surface area contributed by atoms with Crippen molar-refractivity contribution < 1.29 is 14.3 Å². The molecule has 0 aromatic heterocycles. The van der Waals surface area contributed by atoms with E-state index >= 15 is 0 Å². The number of benzene rings is 3. The maximum Gasteiger partial charge on any atom is 0.252 e. The first-order valence-electron chi connectivity index (χ1n) is 10.8. The molecular formula is C26H24ClN3O3S. The second kappa shape index (κ2) is 10.7. The standard InChI is InChI=1S/C26H24ClN3O3S/c1-33-22-13-11-21(12-14-22)28-24(31)15-23-25(32)30(17-18-5-3-2-4-6-18)26(34)29(23)16-19-7-9-20(27)10-8-19/h2-14,23H,15-17H2,1H3,(H,28,31)/t23-/m1/s1. The molecule has 6 nitrogen and oxygen atoms in total. The van der Waals surface area contributed by atoms with Crippen LogP contribution in [0.25, 0.3) is 0 Å². The lowest BCUT2D eigenvalue weighted by Crippen LogP contribution is -2.37. The summed E-state index contributed by atoms with van der Waals surface area (Å²) in [6.07, 6.45) is -0.0239. The molecule has 0 aliphatic carbocycles. The van der Waals surface area contributed by atoms with E-state index in [0.717, 1.165) is 11.1 Å². The van der Waals surface area contributed by atoms with Crippen LogP contribution in [0.3, 0.4) is 0 Å². The Bertz CT molecular complexity index is 1170. The molecule has 3 aromatic rings. The number of nitrogens with zero attached hydrogens (tertiary/aromatic N) is 2. The van der Waals surface area contributed by atoms with E-state index in [0.29, 0.717) is 34.7 Å². The number of carbonyl (C=O) groups excluding carboxylic acids is 2. The van der Waals surface area contributed by atoms with Gasteiger partial charge in [-0.05, 0) is 59.7 Å². The number of hydrogen-bond donors (Lipinski definition) is 1. The van der Waals surface area contributed by atoms with E-state index < -0.39 is 6.04 Å². The normalized spacial score (nSPS) is 15.5. The van der Waals surface area contributed by atoms with Crippen molar-refractivity contribution in [1.82, 2.24) is 9.80 Å². The summed E-state index contributed by atoms with van der Waals surface area (Å²) in [6, 6.07) is 23.4. The molecule has 174 valence electrons. The van der Waals surface area contributed by atoms with Gasteiger partial charge in [0.1, 0.15) is 11.8 Å².